The fourth-order valence-corrected chi connectivity index (χ4v) is 3.60. The number of phenolic OH excluding ortho intramolecular Hbond substituents is 1. The number of rotatable bonds is 3. The third kappa shape index (κ3) is 2.96. The molecule has 0 fully saturated rings. The van der Waals surface area contributed by atoms with Crippen LogP contribution >= 0.6 is 11.8 Å². The summed E-state index contributed by atoms with van der Waals surface area (Å²) >= 11 is 0.871. The van der Waals surface area contributed by atoms with Crippen molar-refractivity contribution in [2.45, 2.75) is 4.90 Å². The van der Waals surface area contributed by atoms with E-state index in [4.69, 9.17) is 9.68 Å². The summed E-state index contributed by atoms with van der Waals surface area (Å²) in [6.45, 7) is 0. The van der Waals surface area contributed by atoms with Gasteiger partial charge in [-0.2, -0.15) is 5.26 Å². The summed E-state index contributed by atoms with van der Waals surface area (Å²) in [5.74, 6) is -0.872. The van der Waals surface area contributed by atoms with Crippen LogP contribution in [0.15, 0.2) is 68.7 Å². The fraction of sp³-hybridized carbons (Fsp3) is 0. The van der Waals surface area contributed by atoms with E-state index in [-0.39, 0.29) is 22.5 Å². The number of hydrogen-bond acceptors (Lipinski definition) is 6. The number of thiocyanates is 1. The number of aromatic carboxylic acids is 1. The van der Waals surface area contributed by atoms with Gasteiger partial charge in [-0.1, -0.05) is 6.07 Å². The van der Waals surface area contributed by atoms with Gasteiger partial charge in [-0.3, -0.25) is 4.79 Å². The van der Waals surface area contributed by atoms with E-state index in [0.29, 0.717) is 32.6 Å². The molecule has 2 N–H and O–H groups in total. The fourth-order valence-electron chi connectivity index (χ4n) is 3.18. The molecular formula is C21H11NO5S. The molecule has 0 amide bonds. The first-order chi connectivity index (χ1) is 13.5. The highest BCUT2D eigenvalue weighted by Gasteiger charge is 2.22. The van der Waals surface area contributed by atoms with Crippen molar-refractivity contribution < 1.29 is 19.4 Å². The lowest BCUT2D eigenvalue weighted by atomic mass is 9.91. The Labute approximate surface area is 162 Å². The molecule has 28 heavy (non-hydrogen) atoms. The number of thioether (sulfide) groups is 1. The predicted octanol–water partition coefficient (Wildman–Crippen LogP) is 4.54. The third-order valence-electron chi connectivity index (χ3n) is 4.33. The van der Waals surface area contributed by atoms with Crippen LogP contribution in [0.5, 0.6) is 5.75 Å². The van der Waals surface area contributed by atoms with Gasteiger partial charge in [0.15, 0.2) is 5.43 Å². The molecular weight excluding hydrogens is 378 g/mol. The Hall–Kier alpha value is -3.76. The third-order valence-corrected chi connectivity index (χ3v) is 4.91. The molecule has 2 aromatic carbocycles. The Bertz CT molecular complexity index is 1320. The highest BCUT2D eigenvalue weighted by atomic mass is 32.2. The van der Waals surface area contributed by atoms with Gasteiger partial charge in [0.25, 0.3) is 0 Å². The largest absolute Gasteiger partial charge is 0.508 e. The molecule has 136 valence electrons. The Kier molecular flexibility index (Phi) is 4.26. The minimum absolute atomic E-state index is 0.0148. The van der Waals surface area contributed by atoms with Gasteiger partial charge in [0, 0.05) is 33.5 Å². The molecule has 0 radical (unpaired) electrons. The summed E-state index contributed by atoms with van der Waals surface area (Å²) in [4.78, 5) is 24.2. The number of carboxylic acids is 1. The van der Waals surface area contributed by atoms with Crippen LogP contribution in [0.25, 0.3) is 33.4 Å². The highest BCUT2D eigenvalue weighted by molar-refractivity contribution is 8.03. The molecule has 2 aromatic rings. The van der Waals surface area contributed by atoms with Crippen LogP contribution < -0.4 is 5.43 Å². The first-order valence-corrected chi connectivity index (χ1v) is 8.93. The van der Waals surface area contributed by atoms with Crippen molar-refractivity contribution >= 4 is 28.7 Å². The molecule has 0 unspecified atom stereocenters. The van der Waals surface area contributed by atoms with Crippen molar-refractivity contribution in [3.63, 3.8) is 0 Å². The maximum Gasteiger partial charge on any atom is 0.336 e. The number of aromatic hydroxyl groups is 1. The van der Waals surface area contributed by atoms with E-state index in [9.17, 15) is 19.8 Å². The van der Waals surface area contributed by atoms with Crippen molar-refractivity contribution in [3.8, 4) is 33.6 Å². The number of benzene rings is 3. The lowest BCUT2D eigenvalue weighted by molar-refractivity contribution is 0.0697. The molecule has 0 saturated carbocycles. The summed E-state index contributed by atoms with van der Waals surface area (Å²) in [5, 5.41) is 30.9. The Balaban J connectivity index is 2.15. The SMILES string of the molecule is N#CSc1ccc(-c2c3ccc(=O)cc-3oc3cc(O)ccc23)c(C(=O)O)c1. The molecule has 4 rings (SSSR count). The van der Waals surface area contributed by atoms with Crippen LogP contribution in [-0.4, -0.2) is 16.2 Å². The number of nitriles is 1. The van der Waals surface area contributed by atoms with E-state index < -0.39 is 5.97 Å². The van der Waals surface area contributed by atoms with Crippen molar-refractivity contribution in [1.82, 2.24) is 0 Å². The number of carboxylic acid groups (broad SMARTS) is 1. The van der Waals surface area contributed by atoms with E-state index in [0.717, 1.165) is 11.8 Å². The van der Waals surface area contributed by atoms with E-state index in [1.165, 1.54) is 30.3 Å². The highest BCUT2D eigenvalue weighted by Crippen LogP contribution is 2.42. The molecule has 1 heterocycles. The normalized spacial score (nSPS) is 10.8. The molecule has 0 spiro atoms. The zero-order chi connectivity index (χ0) is 19.8. The Morgan fingerprint density at radius 2 is 1.82 bits per heavy atom. The average Bonchev–Trinajstić information content (AvgIpc) is 2.66. The predicted molar refractivity (Wildman–Crippen MR) is 105 cm³/mol. The van der Waals surface area contributed by atoms with Crippen LogP contribution in [0, 0.1) is 10.7 Å². The second kappa shape index (κ2) is 6.76. The van der Waals surface area contributed by atoms with Gasteiger partial charge in [-0.15, -0.1) is 0 Å². The molecule has 6 nitrogen and oxygen atoms in total. The van der Waals surface area contributed by atoms with Gasteiger partial charge in [0.2, 0.25) is 0 Å². The smallest absolute Gasteiger partial charge is 0.336 e. The molecule has 0 saturated heterocycles. The topological polar surface area (TPSA) is 112 Å². The average molecular weight is 389 g/mol. The summed E-state index contributed by atoms with van der Waals surface area (Å²) in [6, 6.07) is 13.6. The maximum absolute atomic E-state index is 11.9. The van der Waals surface area contributed by atoms with Gasteiger partial charge < -0.3 is 14.6 Å². The quantitative estimate of drug-likeness (QED) is 0.300. The molecule has 2 aliphatic rings. The molecule has 1 aliphatic carbocycles. The minimum atomic E-state index is -1.14. The van der Waals surface area contributed by atoms with Crippen molar-refractivity contribution in [2.75, 3.05) is 0 Å². The number of fused-ring (bicyclic) bond motifs is 2. The van der Waals surface area contributed by atoms with Crippen LogP contribution in [0.4, 0.5) is 0 Å². The number of hydrogen-bond donors (Lipinski definition) is 2. The second-order valence-corrected chi connectivity index (χ2v) is 6.88. The molecule has 7 heteroatoms. The van der Waals surface area contributed by atoms with Gasteiger partial charge in [-0.05, 0) is 53.7 Å². The monoisotopic (exact) mass is 389 g/mol. The molecule has 1 aliphatic heterocycles. The van der Waals surface area contributed by atoms with E-state index >= 15 is 0 Å². The standard InChI is InChI=1S/C21H11NO5S/c22-10-28-13-3-6-14(17(9-13)21(25)26)20-15-4-1-11(23)7-18(15)27-19-8-12(24)2-5-16(19)20/h1-9,23H,(H,25,26). The number of phenols is 1. The van der Waals surface area contributed by atoms with Gasteiger partial charge in [-0.25, -0.2) is 4.79 Å². The van der Waals surface area contributed by atoms with Crippen molar-refractivity contribution in [3.05, 3.63) is 70.4 Å². The summed E-state index contributed by atoms with van der Waals surface area (Å²) in [5.41, 5.74) is 1.65. The summed E-state index contributed by atoms with van der Waals surface area (Å²) in [7, 11) is 0. The van der Waals surface area contributed by atoms with E-state index in [1.807, 2.05) is 5.40 Å². The number of carbonyl (C=O) groups is 1. The zero-order valence-electron chi connectivity index (χ0n) is 14.2. The first-order valence-electron chi connectivity index (χ1n) is 8.11. The van der Waals surface area contributed by atoms with E-state index in [1.54, 1.807) is 24.3 Å². The Morgan fingerprint density at radius 1 is 1.04 bits per heavy atom. The van der Waals surface area contributed by atoms with Crippen LogP contribution in [0.3, 0.4) is 0 Å². The Morgan fingerprint density at radius 3 is 2.57 bits per heavy atom. The molecule has 0 atom stereocenters. The molecule has 0 aromatic heterocycles. The first kappa shape index (κ1) is 17.6. The van der Waals surface area contributed by atoms with Crippen LogP contribution in [0.2, 0.25) is 0 Å². The van der Waals surface area contributed by atoms with Gasteiger partial charge in [0.1, 0.15) is 22.5 Å². The van der Waals surface area contributed by atoms with Gasteiger partial charge >= 0.3 is 5.97 Å². The van der Waals surface area contributed by atoms with Crippen LogP contribution in [0.1, 0.15) is 10.4 Å². The van der Waals surface area contributed by atoms with Crippen LogP contribution in [-0.2, 0) is 0 Å². The lowest BCUT2D eigenvalue weighted by Gasteiger charge is -2.17. The second-order valence-electron chi connectivity index (χ2n) is 6.02. The summed E-state index contributed by atoms with van der Waals surface area (Å²) in [6.07, 6.45) is 0. The van der Waals surface area contributed by atoms with Gasteiger partial charge in [0.05, 0.1) is 5.56 Å². The number of nitrogens with zero attached hydrogens (tertiary/aromatic N) is 1. The molecule has 0 bridgehead atoms. The van der Waals surface area contributed by atoms with Crippen molar-refractivity contribution in [2.24, 2.45) is 0 Å². The minimum Gasteiger partial charge on any atom is -0.508 e. The lowest BCUT2D eigenvalue weighted by Crippen LogP contribution is -2.03. The van der Waals surface area contributed by atoms with E-state index in [2.05, 4.69) is 0 Å². The zero-order valence-corrected chi connectivity index (χ0v) is 15.0. The summed E-state index contributed by atoms with van der Waals surface area (Å²) < 4.78 is 5.78. The maximum atomic E-state index is 11.9. The van der Waals surface area contributed by atoms with Crippen molar-refractivity contribution in [1.29, 1.82) is 5.26 Å².